The van der Waals surface area contributed by atoms with E-state index in [4.69, 9.17) is 0 Å². The molecule has 5 aliphatic rings. The number of hydrogen-bond acceptors (Lipinski definition) is 8. The van der Waals surface area contributed by atoms with Crippen LogP contribution in [0, 0.1) is 5.92 Å². The van der Waals surface area contributed by atoms with E-state index in [1.165, 1.54) is 0 Å². The van der Waals surface area contributed by atoms with Crippen molar-refractivity contribution in [3.63, 3.8) is 0 Å². The number of hydrogen-bond donors (Lipinski definition) is 4. The summed E-state index contributed by atoms with van der Waals surface area (Å²) in [7, 11) is -1.41. The first-order chi connectivity index (χ1) is 14.9. The summed E-state index contributed by atoms with van der Waals surface area (Å²) in [6.07, 6.45) is 6.59. The van der Waals surface area contributed by atoms with E-state index in [0.29, 0.717) is 25.4 Å². The van der Waals surface area contributed by atoms with Crippen molar-refractivity contribution in [3.05, 3.63) is 0 Å². The predicted molar refractivity (Wildman–Crippen MR) is 117 cm³/mol. The minimum absolute atomic E-state index is 0.0313. The third kappa shape index (κ3) is 4.38. The normalized spacial score (nSPS) is 40.5. The molecule has 4 aliphatic heterocycles. The van der Waals surface area contributed by atoms with Crippen molar-refractivity contribution >= 4 is 15.9 Å². The van der Waals surface area contributed by atoms with Crippen LogP contribution in [0.5, 0.6) is 0 Å². The first-order valence-corrected chi connectivity index (χ1v) is 13.5. The largest absolute Gasteiger partial charge is 0.340 e. The van der Waals surface area contributed by atoms with E-state index in [1.54, 1.807) is 0 Å². The highest BCUT2D eigenvalue weighted by molar-refractivity contribution is 7.90. The van der Waals surface area contributed by atoms with Gasteiger partial charge in [-0.2, -0.15) is 0 Å². The average molecular weight is 456 g/mol. The van der Waals surface area contributed by atoms with Crippen molar-refractivity contribution in [2.75, 3.05) is 39.8 Å². The Balaban J connectivity index is 1.19. The molecule has 6 atom stereocenters. The summed E-state index contributed by atoms with van der Waals surface area (Å²) in [6.45, 7) is 3.53. The van der Waals surface area contributed by atoms with E-state index in [1.807, 2.05) is 17.0 Å². The maximum atomic E-state index is 13.3. The molecule has 4 saturated heterocycles. The van der Waals surface area contributed by atoms with Crippen molar-refractivity contribution < 1.29 is 13.2 Å². The molecule has 1 amide bonds. The van der Waals surface area contributed by atoms with Gasteiger partial charge in [-0.05, 0) is 44.6 Å². The summed E-state index contributed by atoms with van der Waals surface area (Å²) in [4.78, 5) is 14.2. The maximum absolute atomic E-state index is 13.3. The Hall–Kier alpha value is -0.820. The number of sulfonamides is 1. The molecule has 0 bridgehead atoms. The molecule has 0 radical (unpaired) electrons. The fourth-order valence-electron chi connectivity index (χ4n) is 6.35. The third-order valence-electron chi connectivity index (χ3n) is 7.99. The second kappa shape index (κ2) is 8.85. The molecule has 4 heterocycles. The van der Waals surface area contributed by atoms with Crippen LogP contribution in [-0.4, -0.2) is 98.6 Å². The van der Waals surface area contributed by atoms with Crippen LogP contribution >= 0.6 is 0 Å². The summed E-state index contributed by atoms with van der Waals surface area (Å²) in [5.41, 5.74) is 6.69. The van der Waals surface area contributed by atoms with Gasteiger partial charge in [0.1, 0.15) is 5.25 Å². The van der Waals surface area contributed by atoms with Crippen LogP contribution in [0.15, 0.2) is 0 Å². The highest BCUT2D eigenvalue weighted by Gasteiger charge is 2.44. The summed E-state index contributed by atoms with van der Waals surface area (Å²) in [5, 5.41) is 7.19. The van der Waals surface area contributed by atoms with Crippen LogP contribution in [-0.2, 0) is 14.8 Å². The van der Waals surface area contributed by atoms with Gasteiger partial charge in [0.05, 0.1) is 6.17 Å². The smallest absolute Gasteiger partial charge is 0.222 e. The lowest BCUT2D eigenvalue weighted by atomic mass is 9.82. The molecule has 11 heteroatoms. The lowest BCUT2D eigenvalue weighted by Crippen LogP contribution is -2.57. The number of likely N-dealkylation sites (N-methyl/N-ethyl adjacent to an activating group) is 1. The van der Waals surface area contributed by atoms with Gasteiger partial charge in [0, 0.05) is 57.8 Å². The van der Waals surface area contributed by atoms with Gasteiger partial charge in [0.25, 0.3) is 0 Å². The van der Waals surface area contributed by atoms with Gasteiger partial charge in [-0.15, -0.1) is 0 Å². The van der Waals surface area contributed by atoms with Crippen LogP contribution < -0.4 is 20.9 Å². The Bertz CT molecular complexity index is 779. The number of piperidine rings is 1. The van der Waals surface area contributed by atoms with Gasteiger partial charge in [0.2, 0.25) is 15.9 Å². The van der Waals surface area contributed by atoms with Crippen molar-refractivity contribution in [3.8, 4) is 0 Å². The fourth-order valence-corrected chi connectivity index (χ4v) is 7.87. The third-order valence-corrected chi connectivity index (χ3v) is 9.82. The van der Waals surface area contributed by atoms with Crippen molar-refractivity contribution in [1.29, 1.82) is 0 Å². The Morgan fingerprint density at radius 3 is 2.77 bits per heavy atom. The summed E-state index contributed by atoms with van der Waals surface area (Å²) >= 11 is 0. The topological polar surface area (TPSA) is 109 Å². The average Bonchev–Trinajstić information content (AvgIpc) is 3.49. The molecule has 5 rings (SSSR count). The Morgan fingerprint density at radius 1 is 1.10 bits per heavy atom. The zero-order valence-electron chi connectivity index (χ0n) is 18.4. The molecule has 4 N–H and O–H groups in total. The standard InChI is InChI=1S/C20H37N7O3S/c1-25-20-14(11-22-25)4-2-5-17(20)24-31(29,30)16-12-23-27(13-16)18-10-15(7-8-21-18)26-9-3-6-19(26)28/h14-18,20-24H,2-13H2,1H3. The molecule has 0 aromatic rings. The summed E-state index contributed by atoms with van der Waals surface area (Å²) < 4.78 is 29.6. The highest BCUT2D eigenvalue weighted by Crippen LogP contribution is 2.31. The summed E-state index contributed by atoms with van der Waals surface area (Å²) in [5.74, 6) is 0.781. The van der Waals surface area contributed by atoms with Crippen LogP contribution in [0.3, 0.4) is 0 Å². The van der Waals surface area contributed by atoms with Crippen LogP contribution in [0.1, 0.15) is 44.9 Å². The minimum Gasteiger partial charge on any atom is -0.340 e. The Morgan fingerprint density at radius 2 is 1.97 bits per heavy atom. The predicted octanol–water partition coefficient (Wildman–Crippen LogP) is -1.22. The van der Waals surface area contributed by atoms with Crippen molar-refractivity contribution in [1.82, 2.24) is 35.8 Å². The molecule has 5 fully saturated rings. The van der Waals surface area contributed by atoms with Gasteiger partial charge in [0.15, 0.2) is 0 Å². The van der Waals surface area contributed by atoms with E-state index in [2.05, 4.69) is 25.9 Å². The number of hydrazine groups is 2. The second-order valence-corrected chi connectivity index (χ2v) is 11.9. The molecular weight excluding hydrogens is 418 g/mol. The van der Waals surface area contributed by atoms with Crippen LogP contribution in [0.2, 0.25) is 0 Å². The summed E-state index contributed by atoms with van der Waals surface area (Å²) in [6, 6.07) is 0.449. The van der Waals surface area contributed by atoms with Gasteiger partial charge in [-0.3, -0.25) is 15.6 Å². The second-order valence-electron chi connectivity index (χ2n) is 9.90. The van der Waals surface area contributed by atoms with Crippen molar-refractivity contribution in [2.45, 2.75) is 74.5 Å². The van der Waals surface area contributed by atoms with Gasteiger partial charge >= 0.3 is 0 Å². The lowest BCUT2D eigenvalue weighted by Gasteiger charge is -2.39. The monoisotopic (exact) mass is 455 g/mol. The molecule has 1 saturated carbocycles. The maximum Gasteiger partial charge on any atom is 0.222 e. The number of amides is 1. The molecule has 0 aromatic carbocycles. The molecule has 1 aliphatic carbocycles. The fraction of sp³-hybridized carbons (Fsp3) is 0.950. The number of nitrogens with one attached hydrogen (secondary N) is 4. The van der Waals surface area contributed by atoms with E-state index in [-0.39, 0.29) is 30.2 Å². The van der Waals surface area contributed by atoms with Crippen LogP contribution in [0.4, 0.5) is 0 Å². The highest BCUT2D eigenvalue weighted by atomic mass is 32.2. The lowest BCUT2D eigenvalue weighted by molar-refractivity contribution is -0.130. The zero-order chi connectivity index (χ0) is 21.6. The van der Waals surface area contributed by atoms with Crippen molar-refractivity contribution in [2.24, 2.45) is 5.92 Å². The molecule has 6 unspecified atom stereocenters. The van der Waals surface area contributed by atoms with E-state index < -0.39 is 15.3 Å². The van der Waals surface area contributed by atoms with Gasteiger partial charge in [-0.25, -0.2) is 23.2 Å². The number of rotatable bonds is 5. The number of fused-ring (bicyclic) bond motifs is 1. The molecule has 31 heavy (non-hydrogen) atoms. The number of nitrogens with zero attached hydrogens (tertiary/aromatic N) is 3. The Kier molecular flexibility index (Phi) is 6.28. The zero-order valence-corrected chi connectivity index (χ0v) is 19.2. The number of carbonyl (C=O) groups is 1. The molecule has 0 spiro atoms. The molecule has 176 valence electrons. The van der Waals surface area contributed by atoms with Gasteiger partial charge < -0.3 is 10.2 Å². The first kappa shape index (κ1) is 22.0. The van der Waals surface area contributed by atoms with E-state index in [9.17, 15) is 13.2 Å². The van der Waals surface area contributed by atoms with Crippen LogP contribution in [0.25, 0.3) is 0 Å². The quantitative estimate of drug-likeness (QED) is 0.409. The SMILES string of the molecule is CN1NCC2CCCC(NS(=O)(=O)C3CNN(C4CC(N5CCCC5=O)CCN4)C3)C21. The number of likely N-dealkylation sites (tertiary alicyclic amines) is 1. The molecule has 0 aromatic heterocycles. The molecule has 10 nitrogen and oxygen atoms in total. The van der Waals surface area contributed by atoms with E-state index in [0.717, 1.165) is 58.2 Å². The number of carbonyl (C=O) groups excluding carboxylic acids is 1. The minimum atomic E-state index is -3.43. The Labute approximate surface area is 185 Å². The first-order valence-electron chi connectivity index (χ1n) is 11.9. The van der Waals surface area contributed by atoms with E-state index >= 15 is 0 Å². The molecular formula is C20H37N7O3S. The van der Waals surface area contributed by atoms with Gasteiger partial charge in [-0.1, -0.05) is 6.42 Å².